The minimum absolute atomic E-state index is 0. The van der Waals surface area contributed by atoms with Gasteiger partial charge in [-0.15, -0.1) is 34.2 Å². The van der Waals surface area contributed by atoms with Crippen molar-refractivity contribution in [1.82, 2.24) is 25.2 Å². The van der Waals surface area contributed by atoms with Gasteiger partial charge >= 0.3 is 0 Å². The Balaban J connectivity index is 0.00000300. The second kappa shape index (κ2) is 11.4. The minimum atomic E-state index is 0. The largest absolute Gasteiger partial charge is 0.497 e. The Morgan fingerprint density at radius 2 is 1.97 bits per heavy atom. The molecule has 0 atom stereocenters. The van der Waals surface area contributed by atoms with Gasteiger partial charge < -0.3 is 20.1 Å². The number of aliphatic imine (C=N–C) groups is 1. The molecular weight excluding hydrogens is 483 g/mol. The SMILES string of the molecule is CCNC(=NCc1nnc2ccccn12)NCCc1cc(OC)ccc1OC.I. The van der Waals surface area contributed by atoms with Gasteiger partial charge in [-0.2, -0.15) is 0 Å². The molecule has 0 spiro atoms. The van der Waals surface area contributed by atoms with Crippen LogP contribution in [0.25, 0.3) is 5.65 Å². The fraction of sp³-hybridized carbons (Fsp3) is 0.350. The molecule has 156 valence electrons. The molecule has 0 radical (unpaired) electrons. The van der Waals surface area contributed by atoms with Gasteiger partial charge in [0.05, 0.1) is 14.2 Å². The highest BCUT2D eigenvalue weighted by atomic mass is 127. The predicted octanol–water partition coefficient (Wildman–Crippen LogP) is 2.66. The van der Waals surface area contributed by atoms with Gasteiger partial charge in [-0.1, -0.05) is 6.07 Å². The lowest BCUT2D eigenvalue weighted by Crippen LogP contribution is -2.38. The molecule has 0 fully saturated rings. The maximum Gasteiger partial charge on any atom is 0.191 e. The van der Waals surface area contributed by atoms with E-state index in [1.165, 1.54) is 0 Å². The molecule has 8 nitrogen and oxygen atoms in total. The van der Waals surface area contributed by atoms with E-state index in [4.69, 9.17) is 9.47 Å². The van der Waals surface area contributed by atoms with Gasteiger partial charge in [0.2, 0.25) is 0 Å². The summed E-state index contributed by atoms with van der Waals surface area (Å²) in [5.41, 5.74) is 1.89. The van der Waals surface area contributed by atoms with Crippen LogP contribution in [0, 0.1) is 0 Å². The average molecular weight is 510 g/mol. The summed E-state index contributed by atoms with van der Waals surface area (Å²) in [7, 11) is 3.33. The molecule has 3 aromatic rings. The third kappa shape index (κ3) is 5.96. The number of aromatic nitrogens is 3. The van der Waals surface area contributed by atoms with Crippen molar-refractivity contribution in [3.05, 3.63) is 54.0 Å². The standard InChI is InChI=1S/C20H26N6O2.HI/c1-4-21-20(23-14-19-25-24-18-7-5-6-12-26(18)19)22-11-10-15-13-16(27-2)8-9-17(15)28-3;/h5-9,12-13H,4,10-11,14H2,1-3H3,(H2,21,22,23);1H. The van der Waals surface area contributed by atoms with E-state index in [9.17, 15) is 0 Å². The van der Waals surface area contributed by atoms with Crippen LogP contribution in [-0.2, 0) is 13.0 Å². The summed E-state index contributed by atoms with van der Waals surface area (Å²) in [5, 5.41) is 15.0. The fourth-order valence-electron chi connectivity index (χ4n) is 2.88. The first kappa shape index (κ1) is 22.7. The summed E-state index contributed by atoms with van der Waals surface area (Å²) in [4.78, 5) is 4.63. The average Bonchev–Trinajstić information content (AvgIpc) is 3.15. The van der Waals surface area contributed by atoms with Gasteiger partial charge in [0.1, 0.15) is 18.0 Å². The Morgan fingerprint density at radius 1 is 1.10 bits per heavy atom. The first-order chi connectivity index (χ1) is 13.7. The van der Waals surface area contributed by atoms with Crippen LogP contribution >= 0.6 is 24.0 Å². The van der Waals surface area contributed by atoms with Crippen molar-refractivity contribution in [3.63, 3.8) is 0 Å². The molecular formula is C20H27IN6O2. The topological polar surface area (TPSA) is 85.1 Å². The number of fused-ring (bicyclic) bond motifs is 1. The number of rotatable bonds is 8. The van der Waals surface area contributed by atoms with Crippen molar-refractivity contribution in [2.75, 3.05) is 27.3 Å². The highest BCUT2D eigenvalue weighted by molar-refractivity contribution is 14.0. The number of benzene rings is 1. The monoisotopic (exact) mass is 510 g/mol. The van der Waals surface area contributed by atoms with E-state index in [0.717, 1.165) is 47.5 Å². The lowest BCUT2D eigenvalue weighted by Gasteiger charge is -2.13. The number of pyridine rings is 1. The van der Waals surface area contributed by atoms with Gasteiger partial charge in [-0.05, 0) is 49.2 Å². The molecule has 2 N–H and O–H groups in total. The number of guanidine groups is 1. The number of hydrogen-bond donors (Lipinski definition) is 2. The van der Waals surface area contributed by atoms with Crippen molar-refractivity contribution < 1.29 is 9.47 Å². The van der Waals surface area contributed by atoms with Gasteiger partial charge in [0.15, 0.2) is 17.4 Å². The fourth-order valence-corrected chi connectivity index (χ4v) is 2.88. The number of nitrogens with one attached hydrogen (secondary N) is 2. The molecule has 2 aromatic heterocycles. The molecule has 2 heterocycles. The van der Waals surface area contributed by atoms with Crippen molar-refractivity contribution in [1.29, 1.82) is 0 Å². The summed E-state index contributed by atoms with van der Waals surface area (Å²) in [5.74, 6) is 3.19. The molecule has 9 heteroatoms. The quantitative estimate of drug-likeness (QED) is 0.276. The molecule has 1 aromatic carbocycles. The van der Waals surface area contributed by atoms with Crippen LogP contribution in [0.1, 0.15) is 18.3 Å². The number of hydrogen-bond acceptors (Lipinski definition) is 5. The second-order valence-electron chi connectivity index (χ2n) is 6.09. The molecule has 0 saturated heterocycles. The molecule has 29 heavy (non-hydrogen) atoms. The minimum Gasteiger partial charge on any atom is -0.497 e. The van der Waals surface area contributed by atoms with Crippen LogP contribution in [0.4, 0.5) is 0 Å². The predicted molar refractivity (Wildman–Crippen MR) is 124 cm³/mol. The van der Waals surface area contributed by atoms with Crippen molar-refractivity contribution in [3.8, 4) is 11.5 Å². The zero-order valence-corrected chi connectivity index (χ0v) is 19.2. The van der Waals surface area contributed by atoms with Gasteiger partial charge in [-0.3, -0.25) is 4.40 Å². The third-order valence-electron chi connectivity index (χ3n) is 4.28. The Kier molecular flexibility index (Phi) is 8.97. The first-order valence-electron chi connectivity index (χ1n) is 9.27. The smallest absolute Gasteiger partial charge is 0.191 e. The summed E-state index contributed by atoms with van der Waals surface area (Å²) in [6.07, 6.45) is 2.72. The van der Waals surface area contributed by atoms with Crippen LogP contribution < -0.4 is 20.1 Å². The Labute approximate surface area is 187 Å². The number of nitrogens with zero attached hydrogens (tertiary/aromatic N) is 4. The Morgan fingerprint density at radius 3 is 2.72 bits per heavy atom. The van der Waals surface area contributed by atoms with E-state index in [2.05, 4.69) is 25.8 Å². The molecule has 0 aliphatic carbocycles. The van der Waals surface area contributed by atoms with E-state index in [-0.39, 0.29) is 24.0 Å². The normalized spacial score (nSPS) is 11.1. The lowest BCUT2D eigenvalue weighted by molar-refractivity contribution is 0.398. The van der Waals surface area contributed by atoms with Gasteiger partial charge in [0.25, 0.3) is 0 Å². The highest BCUT2D eigenvalue weighted by Crippen LogP contribution is 2.24. The number of halogens is 1. The Hall–Kier alpha value is -2.56. The zero-order chi connectivity index (χ0) is 19.8. The van der Waals surface area contributed by atoms with Crippen molar-refractivity contribution >= 4 is 35.6 Å². The van der Waals surface area contributed by atoms with Crippen molar-refractivity contribution in [2.45, 2.75) is 19.9 Å². The summed E-state index contributed by atoms with van der Waals surface area (Å²) in [6.45, 7) is 3.95. The highest BCUT2D eigenvalue weighted by Gasteiger charge is 2.07. The molecule has 0 saturated carbocycles. The van der Waals surface area contributed by atoms with Crippen molar-refractivity contribution in [2.24, 2.45) is 4.99 Å². The van der Waals surface area contributed by atoms with E-state index in [1.807, 2.05) is 53.9 Å². The number of ether oxygens (including phenoxy) is 2. The molecule has 0 aliphatic rings. The van der Waals surface area contributed by atoms with E-state index >= 15 is 0 Å². The third-order valence-corrected chi connectivity index (χ3v) is 4.28. The van der Waals surface area contributed by atoms with Crippen LogP contribution in [-0.4, -0.2) is 47.9 Å². The maximum absolute atomic E-state index is 5.44. The van der Waals surface area contributed by atoms with Crippen LogP contribution in [0.5, 0.6) is 11.5 Å². The lowest BCUT2D eigenvalue weighted by atomic mass is 10.1. The van der Waals surface area contributed by atoms with Crippen LogP contribution in [0.15, 0.2) is 47.6 Å². The Bertz CT molecular complexity index is 944. The summed E-state index contributed by atoms with van der Waals surface area (Å²) in [6, 6.07) is 11.6. The zero-order valence-electron chi connectivity index (χ0n) is 16.9. The molecule has 3 rings (SSSR count). The van der Waals surface area contributed by atoms with E-state index in [1.54, 1.807) is 14.2 Å². The van der Waals surface area contributed by atoms with E-state index < -0.39 is 0 Å². The summed E-state index contributed by atoms with van der Waals surface area (Å²) >= 11 is 0. The van der Waals surface area contributed by atoms with Crippen LogP contribution in [0.3, 0.4) is 0 Å². The molecule has 0 unspecified atom stereocenters. The molecule has 0 amide bonds. The molecule has 0 bridgehead atoms. The van der Waals surface area contributed by atoms with E-state index in [0.29, 0.717) is 13.1 Å². The molecule has 0 aliphatic heterocycles. The van der Waals surface area contributed by atoms with Crippen LogP contribution in [0.2, 0.25) is 0 Å². The number of methoxy groups -OCH3 is 2. The first-order valence-corrected chi connectivity index (χ1v) is 9.27. The van der Waals surface area contributed by atoms with Gasteiger partial charge in [-0.25, -0.2) is 4.99 Å². The second-order valence-corrected chi connectivity index (χ2v) is 6.09. The summed E-state index contributed by atoms with van der Waals surface area (Å²) < 4.78 is 12.7. The van der Waals surface area contributed by atoms with Gasteiger partial charge in [0, 0.05) is 19.3 Å². The maximum atomic E-state index is 5.44.